The summed E-state index contributed by atoms with van der Waals surface area (Å²) < 4.78 is 3.20. The number of anilines is 2. The van der Waals surface area contributed by atoms with Crippen LogP contribution in [0, 0.1) is 17.8 Å². The first-order chi connectivity index (χ1) is 14.2. The molecular formula is C23H23N5S. The molecule has 2 aromatic carbocycles. The van der Waals surface area contributed by atoms with Crippen molar-refractivity contribution in [1.82, 2.24) is 14.8 Å². The Kier molecular flexibility index (Phi) is 3.08. The van der Waals surface area contributed by atoms with E-state index in [1.54, 1.807) is 11.3 Å². The lowest BCUT2D eigenvalue weighted by atomic mass is 9.67. The number of nitrogens with zero attached hydrogens (tertiary/aromatic N) is 3. The zero-order valence-electron chi connectivity index (χ0n) is 16.3. The van der Waals surface area contributed by atoms with Crippen LogP contribution in [0.4, 0.5) is 10.8 Å². The molecule has 2 saturated carbocycles. The Hall–Kier alpha value is -2.60. The number of rotatable bonds is 1. The molecule has 0 radical (unpaired) electrons. The smallest absolute Gasteiger partial charge is 0.181 e. The van der Waals surface area contributed by atoms with Crippen LogP contribution in [-0.4, -0.2) is 14.8 Å². The minimum atomic E-state index is 0.352. The van der Waals surface area contributed by atoms with Gasteiger partial charge in [0.25, 0.3) is 0 Å². The van der Waals surface area contributed by atoms with E-state index >= 15 is 0 Å². The maximum atomic E-state index is 5.96. The standard InChI is InChI=1S/C23H23N5S/c1-28-17-7-6-16-21(14(17)10-25-28)19-11-2-3-12(8-11)20(19)22(26-16)13-4-5-15-18(9-13)29-23(24)27-15/h4-7,9-12,19-20,22,26H,2-3,8H2,1H3,(H2,24,27)/t11?,12?,19-,20+,22-/m0/s1. The van der Waals surface area contributed by atoms with E-state index in [1.807, 2.05) is 11.7 Å². The maximum Gasteiger partial charge on any atom is 0.181 e. The highest BCUT2D eigenvalue weighted by atomic mass is 32.1. The van der Waals surface area contributed by atoms with Crippen LogP contribution in [0.1, 0.15) is 42.3 Å². The van der Waals surface area contributed by atoms with Gasteiger partial charge in [0.15, 0.2) is 5.13 Å². The third kappa shape index (κ3) is 2.10. The summed E-state index contributed by atoms with van der Waals surface area (Å²) in [6.45, 7) is 0. The zero-order valence-corrected chi connectivity index (χ0v) is 17.1. The van der Waals surface area contributed by atoms with Gasteiger partial charge in [0.2, 0.25) is 0 Å². The van der Waals surface area contributed by atoms with Crippen molar-refractivity contribution in [2.24, 2.45) is 24.8 Å². The highest BCUT2D eigenvalue weighted by molar-refractivity contribution is 7.22. The van der Waals surface area contributed by atoms with Crippen LogP contribution in [0.15, 0.2) is 36.5 Å². The fraction of sp³-hybridized carbons (Fsp3) is 0.391. The fourth-order valence-corrected chi connectivity index (χ4v) is 7.48. The van der Waals surface area contributed by atoms with Gasteiger partial charge in [0, 0.05) is 18.1 Å². The summed E-state index contributed by atoms with van der Waals surface area (Å²) in [4.78, 5) is 4.44. The summed E-state index contributed by atoms with van der Waals surface area (Å²) in [7, 11) is 2.04. The van der Waals surface area contributed by atoms with Crippen LogP contribution in [-0.2, 0) is 7.05 Å². The van der Waals surface area contributed by atoms with Crippen molar-refractivity contribution in [2.45, 2.75) is 31.2 Å². The predicted molar refractivity (Wildman–Crippen MR) is 118 cm³/mol. The van der Waals surface area contributed by atoms with E-state index in [2.05, 4.69) is 51.9 Å². The molecule has 2 fully saturated rings. The first-order valence-corrected chi connectivity index (χ1v) is 11.4. The second kappa shape index (κ2) is 5.51. The van der Waals surface area contributed by atoms with Gasteiger partial charge in [-0.2, -0.15) is 5.10 Å². The maximum absolute atomic E-state index is 5.96. The van der Waals surface area contributed by atoms with Crippen molar-refractivity contribution in [3.05, 3.63) is 47.7 Å². The van der Waals surface area contributed by atoms with Crippen LogP contribution < -0.4 is 11.1 Å². The van der Waals surface area contributed by atoms with Gasteiger partial charge < -0.3 is 11.1 Å². The third-order valence-corrected chi connectivity index (χ3v) is 8.62. The van der Waals surface area contributed by atoms with Crippen molar-refractivity contribution in [3.63, 3.8) is 0 Å². The van der Waals surface area contributed by atoms with Gasteiger partial charge in [-0.05, 0) is 78.3 Å². The Balaban J connectivity index is 1.43. The minimum absolute atomic E-state index is 0.352. The van der Waals surface area contributed by atoms with Crippen LogP contribution in [0.25, 0.3) is 21.1 Å². The number of hydrogen-bond acceptors (Lipinski definition) is 5. The molecule has 29 heavy (non-hydrogen) atoms. The van der Waals surface area contributed by atoms with Gasteiger partial charge in [-0.25, -0.2) is 4.98 Å². The van der Waals surface area contributed by atoms with Gasteiger partial charge >= 0.3 is 0 Å². The number of hydrogen-bond donors (Lipinski definition) is 2. The second-order valence-electron chi connectivity index (χ2n) is 9.07. The summed E-state index contributed by atoms with van der Waals surface area (Å²) >= 11 is 1.59. The molecule has 2 unspecified atom stereocenters. The predicted octanol–water partition coefficient (Wildman–Crippen LogP) is 5.06. The monoisotopic (exact) mass is 401 g/mol. The summed E-state index contributed by atoms with van der Waals surface area (Å²) in [6, 6.07) is 11.6. The molecule has 5 atom stereocenters. The van der Waals surface area contributed by atoms with Crippen LogP contribution in [0.3, 0.4) is 0 Å². The quantitative estimate of drug-likeness (QED) is 0.468. The van der Waals surface area contributed by atoms with E-state index in [0.717, 1.165) is 17.4 Å². The molecule has 2 aliphatic carbocycles. The van der Waals surface area contributed by atoms with Gasteiger partial charge in [0.1, 0.15) is 0 Å². The van der Waals surface area contributed by atoms with E-state index in [9.17, 15) is 0 Å². The molecule has 5 nitrogen and oxygen atoms in total. The van der Waals surface area contributed by atoms with Gasteiger partial charge in [-0.15, -0.1) is 0 Å². The van der Waals surface area contributed by atoms with Crippen molar-refractivity contribution < 1.29 is 0 Å². The lowest BCUT2D eigenvalue weighted by Gasteiger charge is -2.43. The van der Waals surface area contributed by atoms with Crippen LogP contribution in [0.2, 0.25) is 0 Å². The number of nitrogen functional groups attached to an aromatic ring is 1. The van der Waals surface area contributed by atoms with Gasteiger partial charge in [-0.3, -0.25) is 4.68 Å². The lowest BCUT2D eigenvalue weighted by molar-refractivity contribution is 0.249. The molecule has 1 aliphatic heterocycles. The Morgan fingerprint density at radius 2 is 2.07 bits per heavy atom. The summed E-state index contributed by atoms with van der Waals surface area (Å²) in [5, 5.41) is 10.5. The highest BCUT2D eigenvalue weighted by Crippen LogP contribution is 2.64. The number of benzene rings is 2. The van der Waals surface area contributed by atoms with Crippen LogP contribution >= 0.6 is 11.3 Å². The molecule has 6 heteroatoms. The molecule has 146 valence electrons. The van der Waals surface area contributed by atoms with Crippen molar-refractivity contribution in [3.8, 4) is 0 Å². The number of aromatic nitrogens is 3. The number of fused-ring (bicyclic) bond motifs is 10. The first-order valence-electron chi connectivity index (χ1n) is 10.5. The molecule has 4 aromatic rings. The van der Waals surface area contributed by atoms with Crippen molar-refractivity contribution >= 4 is 43.3 Å². The van der Waals surface area contributed by atoms with Gasteiger partial charge in [0.05, 0.1) is 28.0 Å². The molecule has 2 aromatic heterocycles. The lowest BCUT2D eigenvalue weighted by Crippen LogP contribution is -2.35. The van der Waals surface area contributed by atoms with E-state index in [-0.39, 0.29) is 0 Å². The summed E-state index contributed by atoms with van der Waals surface area (Å²) in [5.74, 6) is 2.90. The molecule has 0 saturated heterocycles. The molecular weight excluding hydrogens is 378 g/mol. The molecule has 7 rings (SSSR count). The van der Waals surface area contributed by atoms with E-state index in [1.165, 1.54) is 51.7 Å². The topological polar surface area (TPSA) is 68.8 Å². The molecule has 0 amide bonds. The zero-order chi connectivity index (χ0) is 19.3. The van der Waals surface area contributed by atoms with E-state index < -0.39 is 0 Å². The molecule has 3 heterocycles. The average Bonchev–Trinajstić information content (AvgIpc) is 3.49. The molecule has 3 aliphatic rings. The Labute approximate surface area is 172 Å². The van der Waals surface area contributed by atoms with Gasteiger partial charge in [-0.1, -0.05) is 17.4 Å². The van der Waals surface area contributed by atoms with E-state index in [4.69, 9.17) is 5.73 Å². The Morgan fingerprint density at radius 1 is 1.17 bits per heavy atom. The summed E-state index contributed by atoms with van der Waals surface area (Å²) in [6.07, 6.45) is 6.20. The second-order valence-corrected chi connectivity index (χ2v) is 10.1. The molecule has 2 bridgehead atoms. The largest absolute Gasteiger partial charge is 0.378 e. The SMILES string of the molecule is Cn1ncc2c3c(ccc21)N[C@@H](c1ccc2nc(N)sc2c1)[C@@H]1C2CCC(C2)[C@H]31. The minimum Gasteiger partial charge on any atom is -0.378 e. The molecule has 3 N–H and O–H groups in total. The Morgan fingerprint density at radius 3 is 3.00 bits per heavy atom. The average molecular weight is 402 g/mol. The number of nitrogens with two attached hydrogens (primary N) is 1. The van der Waals surface area contributed by atoms with Crippen molar-refractivity contribution in [1.29, 1.82) is 0 Å². The van der Waals surface area contributed by atoms with Crippen molar-refractivity contribution in [2.75, 3.05) is 11.1 Å². The molecule has 0 spiro atoms. The number of aryl methyl sites for hydroxylation is 1. The van der Waals surface area contributed by atoms with Crippen LogP contribution in [0.5, 0.6) is 0 Å². The summed E-state index contributed by atoms with van der Waals surface area (Å²) in [5.41, 5.74) is 12.4. The van der Waals surface area contributed by atoms with E-state index in [0.29, 0.717) is 23.0 Å². The highest BCUT2D eigenvalue weighted by Gasteiger charge is 2.54. The number of thiazole rings is 1. The third-order valence-electron chi connectivity index (χ3n) is 7.77. The Bertz CT molecular complexity index is 1290. The first kappa shape index (κ1) is 16.2. The normalized spacial score (nSPS) is 29.9. The number of nitrogens with one attached hydrogen (secondary N) is 1. The fourth-order valence-electron chi connectivity index (χ4n) is 6.70.